The molecule has 9 heteroatoms. The number of rotatable bonds is 57. The third-order valence-electron chi connectivity index (χ3n) is 13.6. The highest BCUT2D eigenvalue weighted by Gasteiger charge is 2.20. The fourth-order valence-electron chi connectivity index (χ4n) is 8.96. The van der Waals surface area contributed by atoms with Crippen molar-refractivity contribution in [1.29, 1.82) is 0 Å². The Kier molecular flexibility index (Phi) is 52.0. The van der Waals surface area contributed by atoms with Gasteiger partial charge in [0.15, 0.2) is 0 Å². The van der Waals surface area contributed by atoms with Crippen LogP contribution in [0.5, 0.6) is 0 Å². The largest absolute Gasteiger partial charge is 0.756 e. The number of hydrogen-bond acceptors (Lipinski definition) is 7. The van der Waals surface area contributed by atoms with Crippen molar-refractivity contribution in [3.05, 3.63) is 12.2 Å². The van der Waals surface area contributed by atoms with Gasteiger partial charge in [0.05, 0.1) is 34.4 Å². The van der Waals surface area contributed by atoms with Crippen molar-refractivity contribution >= 4 is 13.8 Å². The van der Waals surface area contributed by atoms with E-state index in [0.29, 0.717) is 24.1 Å². The minimum atomic E-state index is -4.53. The summed E-state index contributed by atoms with van der Waals surface area (Å²) in [7, 11) is 1.38. The highest BCUT2D eigenvalue weighted by Crippen LogP contribution is 2.38. The quantitative estimate of drug-likeness (QED) is 0.0197. The number of phosphoric ester groups is 1. The molecule has 2 unspecified atom stereocenters. The second-order valence-electron chi connectivity index (χ2n) is 21.7. The Labute approximate surface area is 424 Å². The van der Waals surface area contributed by atoms with Gasteiger partial charge in [-0.15, -0.1) is 0 Å². The lowest BCUT2D eigenvalue weighted by atomic mass is 10.0. The van der Waals surface area contributed by atoms with Gasteiger partial charge in [-0.3, -0.25) is 9.36 Å². The van der Waals surface area contributed by atoms with Crippen LogP contribution in [0.2, 0.25) is 0 Å². The molecular formula is C59H118NO7P. The Bertz CT molecular complexity index is 1100. The van der Waals surface area contributed by atoms with Gasteiger partial charge in [-0.25, -0.2) is 0 Å². The molecule has 0 aliphatic carbocycles. The van der Waals surface area contributed by atoms with E-state index in [0.717, 1.165) is 32.1 Å². The Hall–Kier alpha value is -0.760. The molecule has 68 heavy (non-hydrogen) atoms. The molecule has 406 valence electrons. The lowest BCUT2D eigenvalue weighted by molar-refractivity contribution is -0.870. The zero-order valence-corrected chi connectivity index (χ0v) is 47.2. The van der Waals surface area contributed by atoms with E-state index < -0.39 is 13.9 Å². The summed E-state index contributed by atoms with van der Waals surface area (Å²) in [5, 5.41) is 0. The number of allylic oxidation sites excluding steroid dienone is 2. The van der Waals surface area contributed by atoms with Crippen LogP contribution in [-0.2, 0) is 27.9 Å². The second-order valence-corrected chi connectivity index (χ2v) is 23.1. The van der Waals surface area contributed by atoms with Crippen LogP contribution in [0.3, 0.4) is 0 Å². The summed E-state index contributed by atoms with van der Waals surface area (Å²) in [6.45, 7) is 5.49. The third-order valence-corrected chi connectivity index (χ3v) is 14.5. The fourth-order valence-corrected chi connectivity index (χ4v) is 9.69. The maximum Gasteiger partial charge on any atom is 0.306 e. The SMILES string of the molecule is CCCCCCCCCC/C=C\CCCCCCCCCCCCOCC(COP(=O)([O-])OCC[N+](C)(C)C)OC(=O)CCCCCCCCCCCCCCCCCCCCCCCCCC. The first-order valence-electron chi connectivity index (χ1n) is 29.9. The molecule has 0 aliphatic rings. The Morgan fingerprint density at radius 2 is 0.765 bits per heavy atom. The van der Waals surface area contributed by atoms with Crippen LogP contribution in [0.4, 0.5) is 0 Å². The Morgan fingerprint density at radius 1 is 0.441 bits per heavy atom. The van der Waals surface area contributed by atoms with Gasteiger partial charge in [-0.2, -0.15) is 0 Å². The van der Waals surface area contributed by atoms with Crippen LogP contribution < -0.4 is 4.89 Å². The number of phosphoric acid groups is 1. The van der Waals surface area contributed by atoms with Gasteiger partial charge in [-0.1, -0.05) is 270 Å². The van der Waals surface area contributed by atoms with Crippen molar-refractivity contribution in [2.75, 3.05) is 54.1 Å². The van der Waals surface area contributed by atoms with Crippen molar-refractivity contribution in [2.24, 2.45) is 0 Å². The van der Waals surface area contributed by atoms with Gasteiger partial charge in [-0.05, 0) is 38.5 Å². The number of nitrogens with zero attached hydrogens (tertiary/aromatic N) is 1. The van der Waals surface area contributed by atoms with Gasteiger partial charge in [0.25, 0.3) is 7.82 Å². The van der Waals surface area contributed by atoms with Gasteiger partial charge in [0.2, 0.25) is 0 Å². The highest BCUT2D eigenvalue weighted by atomic mass is 31.2. The number of carbonyl (C=O) groups is 1. The highest BCUT2D eigenvalue weighted by molar-refractivity contribution is 7.45. The van der Waals surface area contributed by atoms with Crippen LogP contribution in [0.25, 0.3) is 0 Å². The molecule has 0 aromatic carbocycles. The summed E-state index contributed by atoms with van der Waals surface area (Å²) < 4.78 is 34.9. The number of esters is 1. The molecule has 0 heterocycles. The topological polar surface area (TPSA) is 94.1 Å². The van der Waals surface area contributed by atoms with E-state index in [9.17, 15) is 14.3 Å². The second kappa shape index (κ2) is 52.6. The number of carbonyl (C=O) groups excluding carboxylic acids is 1. The summed E-state index contributed by atoms with van der Waals surface area (Å²) in [4.78, 5) is 25.3. The molecule has 0 aromatic rings. The van der Waals surface area contributed by atoms with E-state index in [1.54, 1.807) is 0 Å². The lowest BCUT2D eigenvalue weighted by Gasteiger charge is -2.28. The molecule has 0 aromatic heterocycles. The zero-order chi connectivity index (χ0) is 49.8. The van der Waals surface area contributed by atoms with Crippen LogP contribution >= 0.6 is 7.82 Å². The number of ether oxygens (including phenoxy) is 2. The summed E-state index contributed by atoms with van der Waals surface area (Å²) in [5.41, 5.74) is 0. The minimum Gasteiger partial charge on any atom is -0.756 e. The standard InChI is InChI=1S/C59H118NO7P/c1-6-8-10-12-14-16-18-20-22-24-26-28-30-31-32-34-36-38-40-42-44-46-48-50-52-59(61)67-58(57-66-68(62,63)65-55-53-60(3,4)5)56-64-54-51-49-47-45-43-41-39-37-35-33-29-27-25-23-21-19-17-15-13-11-9-7-2/h25,27,58H,6-24,26,28-57H2,1-5H3/b27-25-. The van der Waals surface area contributed by atoms with Crippen LogP contribution in [0, 0.1) is 0 Å². The van der Waals surface area contributed by atoms with Crippen LogP contribution in [0.15, 0.2) is 12.2 Å². The van der Waals surface area contributed by atoms with Gasteiger partial charge >= 0.3 is 5.97 Å². The van der Waals surface area contributed by atoms with E-state index in [-0.39, 0.29) is 25.8 Å². The molecule has 0 fully saturated rings. The average molecular weight is 985 g/mol. The summed E-state index contributed by atoms with van der Waals surface area (Å²) >= 11 is 0. The molecule has 0 saturated heterocycles. The average Bonchev–Trinajstić information content (AvgIpc) is 3.30. The maximum absolute atomic E-state index is 12.8. The van der Waals surface area contributed by atoms with E-state index in [1.807, 2.05) is 21.1 Å². The first-order valence-corrected chi connectivity index (χ1v) is 31.4. The van der Waals surface area contributed by atoms with Crippen LogP contribution in [0.1, 0.15) is 303 Å². The molecular weight excluding hydrogens is 866 g/mol. The number of likely N-dealkylation sites (N-methyl/N-ethyl adjacent to an activating group) is 1. The van der Waals surface area contributed by atoms with E-state index >= 15 is 0 Å². The van der Waals surface area contributed by atoms with Crippen molar-refractivity contribution in [3.63, 3.8) is 0 Å². The van der Waals surface area contributed by atoms with Crippen molar-refractivity contribution in [3.8, 4) is 0 Å². The molecule has 0 radical (unpaired) electrons. The number of hydrogen-bond donors (Lipinski definition) is 0. The van der Waals surface area contributed by atoms with E-state index in [2.05, 4.69) is 26.0 Å². The van der Waals surface area contributed by atoms with Crippen molar-refractivity contribution in [1.82, 2.24) is 0 Å². The van der Waals surface area contributed by atoms with Gasteiger partial charge < -0.3 is 27.9 Å². The third kappa shape index (κ3) is 56.2. The van der Waals surface area contributed by atoms with E-state index in [1.165, 1.54) is 250 Å². The lowest BCUT2D eigenvalue weighted by Crippen LogP contribution is -2.37. The van der Waals surface area contributed by atoms with Crippen LogP contribution in [-0.4, -0.2) is 70.7 Å². The predicted octanol–water partition coefficient (Wildman–Crippen LogP) is 18.3. The molecule has 0 N–H and O–H groups in total. The first kappa shape index (κ1) is 67.2. The molecule has 8 nitrogen and oxygen atoms in total. The summed E-state index contributed by atoms with van der Waals surface area (Å²) in [6, 6.07) is 0. The Morgan fingerprint density at radius 3 is 1.12 bits per heavy atom. The minimum absolute atomic E-state index is 0.0299. The van der Waals surface area contributed by atoms with Crippen molar-refractivity contribution < 1.29 is 37.3 Å². The monoisotopic (exact) mass is 984 g/mol. The number of quaternary nitrogens is 1. The van der Waals surface area contributed by atoms with Gasteiger partial charge in [0.1, 0.15) is 19.3 Å². The van der Waals surface area contributed by atoms with Crippen molar-refractivity contribution in [2.45, 2.75) is 309 Å². The molecule has 0 saturated carbocycles. The fraction of sp³-hybridized carbons (Fsp3) is 0.949. The molecule has 0 rings (SSSR count). The molecule has 0 amide bonds. The summed E-state index contributed by atoms with van der Waals surface area (Å²) in [5.74, 6) is -0.325. The Balaban J connectivity index is 4.01. The molecule has 0 aliphatic heterocycles. The predicted molar refractivity (Wildman–Crippen MR) is 291 cm³/mol. The normalized spacial score (nSPS) is 13.4. The first-order chi connectivity index (χ1) is 33.1. The maximum atomic E-state index is 12.8. The molecule has 2 atom stereocenters. The molecule has 0 spiro atoms. The smallest absolute Gasteiger partial charge is 0.306 e. The zero-order valence-electron chi connectivity index (χ0n) is 46.3. The number of unbranched alkanes of at least 4 members (excludes halogenated alkanes) is 41. The molecule has 0 bridgehead atoms. The summed E-state index contributed by atoms with van der Waals surface area (Å²) in [6.07, 6.45) is 62.6. The van der Waals surface area contributed by atoms with E-state index in [4.69, 9.17) is 18.5 Å². The van der Waals surface area contributed by atoms with Gasteiger partial charge in [0, 0.05) is 13.0 Å².